The summed E-state index contributed by atoms with van der Waals surface area (Å²) < 4.78 is 43.9. The van der Waals surface area contributed by atoms with Gasteiger partial charge in [-0.25, -0.2) is 4.39 Å². The minimum atomic E-state index is -0.361. The summed E-state index contributed by atoms with van der Waals surface area (Å²) in [6.45, 7) is 10.1. The van der Waals surface area contributed by atoms with Crippen molar-refractivity contribution in [3.05, 3.63) is 75.6 Å². The van der Waals surface area contributed by atoms with Crippen LogP contribution >= 0.6 is 0 Å². The maximum atomic E-state index is 15.4. The molecule has 0 saturated carbocycles. The summed E-state index contributed by atoms with van der Waals surface area (Å²) in [6, 6.07) is 9.88. The predicted octanol–water partition coefficient (Wildman–Crippen LogP) is 7.27. The first-order valence-electron chi connectivity index (χ1n) is 14.4. The second kappa shape index (κ2) is 11.9. The number of allylic oxidation sites excluding steroid dienone is 2. The highest BCUT2D eigenvalue weighted by atomic mass is 19.1. The van der Waals surface area contributed by atoms with Crippen LogP contribution in [0.2, 0.25) is 0 Å². The van der Waals surface area contributed by atoms with Gasteiger partial charge in [0.2, 0.25) is 0 Å². The normalized spacial score (nSPS) is 21.6. The van der Waals surface area contributed by atoms with Gasteiger partial charge >= 0.3 is 5.97 Å². The molecule has 2 aromatic carbocycles. The monoisotopic (exact) mass is 564 g/mol. The summed E-state index contributed by atoms with van der Waals surface area (Å²) >= 11 is 0. The minimum absolute atomic E-state index is 0.0353. The zero-order valence-corrected chi connectivity index (χ0v) is 25.0. The fraction of sp³-hybridized carbons (Fsp3) is 0.500. The number of esters is 1. The van der Waals surface area contributed by atoms with Gasteiger partial charge < -0.3 is 23.7 Å². The molecule has 0 amide bonds. The second-order valence-corrected chi connectivity index (χ2v) is 12.3. The molecule has 0 spiro atoms. The Hall–Kier alpha value is -3.32. The van der Waals surface area contributed by atoms with Gasteiger partial charge in [0.05, 0.1) is 33.4 Å². The molecule has 0 radical (unpaired) electrons. The van der Waals surface area contributed by atoms with E-state index in [9.17, 15) is 4.79 Å². The van der Waals surface area contributed by atoms with Crippen molar-refractivity contribution < 1.29 is 32.9 Å². The molecule has 5 rings (SSSR count). The Morgan fingerprint density at radius 2 is 1.83 bits per heavy atom. The van der Waals surface area contributed by atoms with Crippen molar-refractivity contribution in [2.24, 2.45) is 5.41 Å². The third kappa shape index (κ3) is 6.15. The number of hydrogen-bond acceptors (Lipinski definition) is 6. The first kappa shape index (κ1) is 29.2. The van der Waals surface area contributed by atoms with Gasteiger partial charge in [-0.2, -0.15) is 0 Å². The zero-order chi connectivity index (χ0) is 29.3. The molecule has 0 bridgehead atoms. The second-order valence-electron chi connectivity index (χ2n) is 12.3. The van der Waals surface area contributed by atoms with Gasteiger partial charge in [0.15, 0.2) is 0 Å². The van der Waals surface area contributed by atoms with Gasteiger partial charge in [0.25, 0.3) is 0 Å². The molecule has 0 aromatic heterocycles. The predicted molar refractivity (Wildman–Crippen MR) is 156 cm³/mol. The maximum Gasteiger partial charge on any atom is 0.306 e. The summed E-state index contributed by atoms with van der Waals surface area (Å²) in [5.41, 5.74) is 6.25. The van der Waals surface area contributed by atoms with Crippen LogP contribution in [0.25, 0.3) is 0 Å². The third-order valence-corrected chi connectivity index (χ3v) is 8.42. The van der Waals surface area contributed by atoms with Crippen LogP contribution in [0, 0.1) is 19.3 Å². The fourth-order valence-corrected chi connectivity index (χ4v) is 6.55. The van der Waals surface area contributed by atoms with E-state index in [0.717, 1.165) is 40.9 Å². The van der Waals surface area contributed by atoms with Crippen LogP contribution in [-0.4, -0.2) is 46.1 Å². The van der Waals surface area contributed by atoms with Crippen LogP contribution in [0.3, 0.4) is 0 Å². The van der Waals surface area contributed by atoms with Crippen molar-refractivity contribution in [2.75, 3.05) is 34.0 Å². The van der Waals surface area contributed by atoms with E-state index in [1.165, 1.54) is 12.7 Å². The number of benzene rings is 2. The van der Waals surface area contributed by atoms with Gasteiger partial charge in [-0.15, -0.1) is 0 Å². The van der Waals surface area contributed by atoms with Crippen LogP contribution in [0.1, 0.15) is 73.6 Å². The number of methoxy groups -OCH3 is 2. The van der Waals surface area contributed by atoms with Crippen molar-refractivity contribution in [2.45, 2.75) is 71.3 Å². The van der Waals surface area contributed by atoms with E-state index in [1.807, 2.05) is 18.2 Å². The Kier molecular flexibility index (Phi) is 8.46. The summed E-state index contributed by atoms with van der Waals surface area (Å²) in [7, 11) is 3.10. The Morgan fingerprint density at radius 1 is 1.07 bits per heavy atom. The lowest BCUT2D eigenvalue weighted by atomic mass is 9.79. The van der Waals surface area contributed by atoms with Crippen LogP contribution in [0.5, 0.6) is 17.2 Å². The SMILES string of the molecule is COCC(C)(C)COc1cc(C)c(C2CC=C(F)C3=C2CCC3Oc2ccc3c(c2)OCC3CC(=O)OC)c(C)c1. The van der Waals surface area contributed by atoms with Crippen molar-refractivity contribution in [3.63, 3.8) is 0 Å². The molecule has 7 heteroatoms. The molecule has 1 aliphatic heterocycles. The molecular weight excluding hydrogens is 523 g/mol. The van der Waals surface area contributed by atoms with Crippen LogP contribution in [-0.2, 0) is 14.3 Å². The number of carbonyl (C=O) groups is 1. The molecule has 1 heterocycles. The van der Waals surface area contributed by atoms with E-state index < -0.39 is 0 Å². The van der Waals surface area contributed by atoms with Crippen LogP contribution in [0.15, 0.2) is 53.4 Å². The highest BCUT2D eigenvalue weighted by Gasteiger charge is 2.38. The lowest BCUT2D eigenvalue weighted by molar-refractivity contribution is -0.141. The van der Waals surface area contributed by atoms with Crippen molar-refractivity contribution in [1.29, 1.82) is 0 Å². The number of halogens is 1. The molecule has 3 aliphatic rings. The van der Waals surface area contributed by atoms with Gasteiger partial charge in [0, 0.05) is 41.6 Å². The molecule has 3 atom stereocenters. The molecule has 220 valence electrons. The number of carbonyl (C=O) groups excluding carboxylic acids is 1. The Balaban J connectivity index is 1.34. The van der Waals surface area contributed by atoms with Gasteiger partial charge in [0.1, 0.15) is 29.2 Å². The molecule has 6 nitrogen and oxygen atoms in total. The van der Waals surface area contributed by atoms with Gasteiger partial charge in [-0.1, -0.05) is 25.5 Å². The highest BCUT2D eigenvalue weighted by Crippen LogP contribution is 2.49. The number of ether oxygens (including phenoxy) is 5. The Bertz CT molecular complexity index is 1350. The first-order chi connectivity index (χ1) is 19.6. The average Bonchev–Trinajstić information content (AvgIpc) is 3.53. The third-order valence-electron chi connectivity index (χ3n) is 8.42. The van der Waals surface area contributed by atoms with Crippen molar-refractivity contribution >= 4 is 5.97 Å². The molecule has 2 aromatic rings. The molecule has 0 saturated heterocycles. The Morgan fingerprint density at radius 3 is 2.54 bits per heavy atom. The number of hydrogen-bond donors (Lipinski definition) is 0. The molecule has 41 heavy (non-hydrogen) atoms. The van der Waals surface area contributed by atoms with E-state index in [0.29, 0.717) is 43.3 Å². The molecule has 0 fully saturated rings. The Labute approximate surface area is 242 Å². The fourth-order valence-electron chi connectivity index (χ4n) is 6.55. The largest absolute Gasteiger partial charge is 0.493 e. The van der Waals surface area contributed by atoms with Gasteiger partial charge in [-0.3, -0.25) is 4.79 Å². The molecule has 3 unspecified atom stereocenters. The lowest BCUT2D eigenvalue weighted by Gasteiger charge is -2.28. The molecule has 0 N–H and O–H groups in total. The standard InChI is InChI=1S/C34H41FO6/c1-20-13-24(40-19-34(3,4)18-37-5)14-21(2)32(20)26-9-11-28(35)33-27(26)10-12-29(33)41-23-7-8-25-22(15-31(36)38-6)17-39-30(25)16-23/h7-8,11,13-14,16,22,26,29H,9-10,12,15,17-19H2,1-6H3. The number of fused-ring (bicyclic) bond motifs is 1. The molecular formula is C34H41FO6. The van der Waals surface area contributed by atoms with E-state index in [1.54, 1.807) is 13.2 Å². The van der Waals surface area contributed by atoms with E-state index >= 15 is 4.39 Å². The van der Waals surface area contributed by atoms with E-state index in [4.69, 9.17) is 23.7 Å². The molecule has 2 aliphatic carbocycles. The summed E-state index contributed by atoms with van der Waals surface area (Å²) in [6.07, 6.45) is 3.77. The first-order valence-corrected chi connectivity index (χ1v) is 14.4. The summed E-state index contributed by atoms with van der Waals surface area (Å²) in [4.78, 5) is 11.8. The number of rotatable bonds is 10. The zero-order valence-electron chi connectivity index (χ0n) is 25.0. The smallest absolute Gasteiger partial charge is 0.306 e. The minimum Gasteiger partial charge on any atom is -0.493 e. The topological polar surface area (TPSA) is 63.2 Å². The average molecular weight is 565 g/mol. The summed E-state index contributed by atoms with van der Waals surface area (Å²) in [5, 5.41) is 0. The van der Waals surface area contributed by atoms with Gasteiger partial charge in [-0.05, 0) is 74.1 Å². The summed E-state index contributed by atoms with van der Waals surface area (Å²) in [5.74, 6) is 1.84. The van der Waals surface area contributed by atoms with E-state index in [2.05, 4.69) is 39.8 Å². The lowest BCUT2D eigenvalue weighted by Crippen LogP contribution is -2.26. The van der Waals surface area contributed by atoms with Crippen molar-refractivity contribution in [1.82, 2.24) is 0 Å². The maximum absolute atomic E-state index is 15.4. The number of aryl methyl sites for hydroxylation is 2. The quantitative estimate of drug-likeness (QED) is 0.283. The van der Waals surface area contributed by atoms with E-state index in [-0.39, 0.29) is 41.6 Å². The van der Waals surface area contributed by atoms with Crippen LogP contribution in [0.4, 0.5) is 4.39 Å². The highest BCUT2D eigenvalue weighted by molar-refractivity contribution is 5.71. The van der Waals surface area contributed by atoms with Crippen LogP contribution < -0.4 is 14.2 Å². The van der Waals surface area contributed by atoms with Crippen molar-refractivity contribution in [3.8, 4) is 17.2 Å².